The fourth-order valence-corrected chi connectivity index (χ4v) is 1.14. The lowest BCUT2D eigenvalue weighted by atomic mass is 9.94. The molecule has 0 heterocycles. The first-order chi connectivity index (χ1) is 6.31. The van der Waals surface area contributed by atoms with Crippen LogP contribution in [0.5, 0.6) is 0 Å². The van der Waals surface area contributed by atoms with Crippen LogP contribution >= 0.6 is 12.4 Å². The van der Waals surface area contributed by atoms with Crippen molar-refractivity contribution in [1.29, 1.82) is 0 Å². The Morgan fingerprint density at radius 3 is 2.86 bits per heavy atom. The lowest BCUT2D eigenvalue weighted by Gasteiger charge is -2.10. The summed E-state index contributed by atoms with van der Waals surface area (Å²) in [4.78, 5) is 25.4. The molecule has 0 N–H and O–H groups in total. The molecule has 14 heavy (non-hydrogen) atoms. The topological polar surface area (TPSA) is 55.7 Å². The van der Waals surface area contributed by atoms with E-state index in [1.807, 2.05) is 0 Å². The Bertz CT molecular complexity index is 327. The van der Waals surface area contributed by atoms with E-state index < -0.39 is 0 Å². The van der Waals surface area contributed by atoms with Crippen molar-refractivity contribution in [2.45, 2.75) is 12.8 Å². The zero-order chi connectivity index (χ0) is 9.68. The molecule has 0 fully saturated rings. The van der Waals surface area contributed by atoms with Gasteiger partial charge in [-0.15, -0.1) is 12.4 Å². The highest BCUT2D eigenvalue weighted by Crippen LogP contribution is 2.18. The Morgan fingerprint density at radius 1 is 1.64 bits per heavy atom. The molecule has 0 aromatic carbocycles. The molecular weight excluding hydrogens is 206 g/mol. The quantitative estimate of drug-likeness (QED) is 0.394. The lowest BCUT2D eigenvalue weighted by molar-refractivity contribution is -0.104. The van der Waals surface area contributed by atoms with Crippen LogP contribution in [0.15, 0.2) is 22.4 Å². The molecule has 0 aromatic rings. The van der Waals surface area contributed by atoms with Gasteiger partial charge in [-0.25, -0.2) is 4.79 Å². The summed E-state index contributed by atoms with van der Waals surface area (Å²) in [7, 11) is 1.44. The first kappa shape index (κ1) is 12.6. The van der Waals surface area contributed by atoms with E-state index in [0.29, 0.717) is 30.3 Å². The van der Waals surface area contributed by atoms with Gasteiger partial charge in [-0.1, -0.05) is 11.2 Å². The molecule has 76 valence electrons. The van der Waals surface area contributed by atoms with Crippen LogP contribution in [0.4, 0.5) is 0 Å². The number of hydrogen-bond acceptors (Lipinski definition) is 4. The Kier molecular flexibility index (Phi) is 5.53. The van der Waals surface area contributed by atoms with Gasteiger partial charge in [0, 0.05) is 18.4 Å². The number of nitrogens with zero attached hydrogens (tertiary/aromatic N) is 1. The van der Waals surface area contributed by atoms with Crippen LogP contribution in [0.2, 0.25) is 0 Å². The molecule has 0 bridgehead atoms. The predicted octanol–water partition coefficient (Wildman–Crippen LogP) is 1.09. The van der Waals surface area contributed by atoms with Gasteiger partial charge in [0.1, 0.15) is 13.1 Å². The Morgan fingerprint density at radius 2 is 2.36 bits per heavy atom. The fourth-order valence-electron chi connectivity index (χ4n) is 1.14. The maximum atomic E-state index is 10.5. The first-order valence-electron chi connectivity index (χ1n) is 3.80. The van der Waals surface area contributed by atoms with Gasteiger partial charge in [0.05, 0.1) is 11.3 Å². The van der Waals surface area contributed by atoms with Crippen LogP contribution in [0.3, 0.4) is 0 Å². The zero-order valence-electron chi connectivity index (χ0n) is 7.65. The maximum absolute atomic E-state index is 10.5. The zero-order valence-corrected chi connectivity index (χ0v) is 8.47. The van der Waals surface area contributed by atoms with Crippen LogP contribution in [-0.2, 0) is 14.4 Å². The van der Waals surface area contributed by atoms with E-state index >= 15 is 0 Å². The summed E-state index contributed by atoms with van der Waals surface area (Å²) in [5.41, 5.74) is 1.48. The number of allylic oxidation sites excluding steroid dienone is 3. The first-order valence-corrected chi connectivity index (χ1v) is 3.80. The molecule has 4 nitrogen and oxygen atoms in total. The van der Waals surface area contributed by atoms with E-state index in [4.69, 9.17) is 0 Å². The number of oxime groups is 1. The van der Waals surface area contributed by atoms with Crippen molar-refractivity contribution in [2.75, 3.05) is 7.11 Å². The Labute approximate surface area is 87.7 Å². The van der Waals surface area contributed by atoms with Gasteiger partial charge < -0.3 is 4.84 Å². The van der Waals surface area contributed by atoms with Gasteiger partial charge in [0.2, 0.25) is 0 Å². The predicted molar refractivity (Wildman–Crippen MR) is 54.3 cm³/mol. The second-order valence-electron chi connectivity index (χ2n) is 2.58. The SMILES string of the molecule is CO/N=C1/CC=C(C=O)C(=C=O)C1.Cl. The average Bonchev–Trinajstić information content (AvgIpc) is 2.18. The molecule has 1 aliphatic rings. The molecule has 0 amide bonds. The molecule has 0 spiro atoms. The Balaban J connectivity index is 0.00000169. The average molecular weight is 216 g/mol. The minimum absolute atomic E-state index is 0. The third-order valence-corrected chi connectivity index (χ3v) is 1.76. The number of aldehydes is 1. The summed E-state index contributed by atoms with van der Waals surface area (Å²) in [6, 6.07) is 0. The lowest BCUT2D eigenvalue weighted by Crippen LogP contribution is -2.09. The van der Waals surface area contributed by atoms with Crippen molar-refractivity contribution < 1.29 is 14.4 Å². The van der Waals surface area contributed by atoms with E-state index in [1.54, 1.807) is 12.0 Å². The molecule has 5 heteroatoms. The molecule has 0 radical (unpaired) electrons. The standard InChI is InChI=1S/C9H9NO3.ClH/c1-13-10-9-3-2-7(5-11)8(4-9)6-12;/h2,5H,3-4H2,1H3;1H/b10-9-;. The molecule has 1 aliphatic carbocycles. The number of hydrogen-bond donors (Lipinski definition) is 0. The van der Waals surface area contributed by atoms with Crippen molar-refractivity contribution in [1.82, 2.24) is 0 Å². The molecule has 0 aliphatic heterocycles. The van der Waals surface area contributed by atoms with E-state index in [0.717, 1.165) is 5.71 Å². The largest absolute Gasteiger partial charge is 0.399 e. The molecular formula is C9H10ClNO3. The maximum Gasteiger partial charge on any atom is 0.150 e. The second kappa shape index (κ2) is 6.13. The van der Waals surface area contributed by atoms with Gasteiger partial charge in [0.25, 0.3) is 0 Å². The second-order valence-corrected chi connectivity index (χ2v) is 2.58. The summed E-state index contributed by atoms with van der Waals surface area (Å²) in [6.45, 7) is 0. The molecule has 0 unspecified atom stereocenters. The molecule has 0 saturated heterocycles. The minimum atomic E-state index is 0. The Hall–Kier alpha value is -1.38. The van der Waals surface area contributed by atoms with Crippen LogP contribution in [0.1, 0.15) is 12.8 Å². The summed E-state index contributed by atoms with van der Waals surface area (Å²) < 4.78 is 0. The minimum Gasteiger partial charge on any atom is -0.399 e. The van der Waals surface area contributed by atoms with Crippen molar-refractivity contribution >= 4 is 30.3 Å². The number of halogens is 1. The van der Waals surface area contributed by atoms with Crippen molar-refractivity contribution in [2.24, 2.45) is 5.16 Å². The van der Waals surface area contributed by atoms with E-state index in [-0.39, 0.29) is 12.4 Å². The van der Waals surface area contributed by atoms with Gasteiger partial charge in [-0.05, 0) is 0 Å². The normalized spacial score (nSPS) is 17.9. The molecule has 0 aromatic heterocycles. The monoisotopic (exact) mass is 215 g/mol. The smallest absolute Gasteiger partial charge is 0.150 e. The van der Waals surface area contributed by atoms with Crippen molar-refractivity contribution in [3.63, 3.8) is 0 Å². The summed E-state index contributed by atoms with van der Waals surface area (Å²) in [6.07, 6.45) is 3.20. The number of rotatable bonds is 2. The van der Waals surface area contributed by atoms with E-state index in [2.05, 4.69) is 9.99 Å². The highest BCUT2D eigenvalue weighted by molar-refractivity contribution is 5.98. The van der Waals surface area contributed by atoms with Crippen LogP contribution in [0, 0.1) is 0 Å². The molecule has 1 rings (SSSR count). The fraction of sp³-hybridized carbons (Fsp3) is 0.333. The van der Waals surface area contributed by atoms with Crippen LogP contribution in [0.25, 0.3) is 0 Å². The van der Waals surface area contributed by atoms with Crippen LogP contribution < -0.4 is 0 Å². The van der Waals surface area contributed by atoms with Crippen LogP contribution in [-0.4, -0.2) is 25.0 Å². The highest BCUT2D eigenvalue weighted by atomic mass is 35.5. The summed E-state index contributed by atoms with van der Waals surface area (Å²) >= 11 is 0. The van der Waals surface area contributed by atoms with Gasteiger partial charge in [-0.2, -0.15) is 0 Å². The van der Waals surface area contributed by atoms with Crippen molar-refractivity contribution in [3.05, 3.63) is 17.2 Å². The summed E-state index contributed by atoms with van der Waals surface area (Å²) in [5.74, 6) is 1.72. The molecule has 0 saturated carbocycles. The van der Waals surface area contributed by atoms with E-state index in [9.17, 15) is 9.59 Å². The van der Waals surface area contributed by atoms with Gasteiger partial charge in [0.15, 0.2) is 6.29 Å². The number of carbonyl (C=O) groups is 1. The van der Waals surface area contributed by atoms with Crippen molar-refractivity contribution in [3.8, 4) is 0 Å². The van der Waals surface area contributed by atoms with Gasteiger partial charge in [-0.3, -0.25) is 4.79 Å². The third-order valence-electron chi connectivity index (χ3n) is 1.76. The third kappa shape index (κ3) is 2.83. The number of carbonyl (C=O) groups excluding carboxylic acids is 2. The summed E-state index contributed by atoms with van der Waals surface area (Å²) in [5, 5.41) is 3.71. The van der Waals surface area contributed by atoms with Gasteiger partial charge >= 0.3 is 0 Å². The molecule has 0 atom stereocenters. The van der Waals surface area contributed by atoms with E-state index in [1.165, 1.54) is 7.11 Å². The highest BCUT2D eigenvalue weighted by Gasteiger charge is 2.15.